The highest BCUT2D eigenvalue weighted by molar-refractivity contribution is 7.80. The molecule has 1 N–H and O–H groups in total. The van der Waals surface area contributed by atoms with E-state index in [9.17, 15) is 4.79 Å². The number of aryl methyl sites for hydroxylation is 1. The number of rotatable bonds is 22. The summed E-state index contributed by atoms with van der Waals surface area (Å²) in [6.07, 6.45) is 18.9. The fourth-order valence-electron chi connectivity index (χ4n) is 5.59. The summed E-state index contributed by atoms with van der Waals surface area (Å²) in [5.74, 6) is 0.387. The summed E-state index contributed by atoms with van der Waals surface area (Å²) < 4.78 is 11.9. The number of benzene rings is 1. The highest BCUT2D eigenvalue weighted by Crippen LogP contribution is 2.42. The number of carbonyl (C=O) groups is 1. The van der Waals surface area contributed by atoms with Crippen molar-refractivity contribution in [2.24, 2.45) is 0 Å². The van der Waals surface area contributed by atoms with E-state index in [1.54, 1.807) is 5.06 Å². The molecular weight excluding hydrogens is 544 g/mol. The van der Waals surface area contributed by atoms with E-state index in [0.29, 0.717) is 29.6 Å². The van der Waals surface area contributed by atoms with Gasteiger partial charge in [0.15, 0.2) is 5.11 Å². The highest BCUT2D eigenvalue weighted by Gasteiger charge is 2.40. The molecule has 1 aromatic rings. The lowest BCUT2D eigenvalue weighted by Gasteiger charge is -2.39. The summed E-state index contributed by atoms with van der Waals surface area (Å²) in [7, 11) is 0. The van der Waals surface area contributed by atoms with Crippen LogP contribution in [0.4, 0.5) is 0 Å². The molecule has 1 atom stereocenters. The Bertz CT molecular complexity index is 978. The number of nitrogens with zero attached hydrogens (tertiary/aromatic N) is 1. The van der Waals surface area contributed by atoms with E-state index in [1.807, 2.05) is 33.8 Å². The number of ether oxygens (including phenoxy) is 2. The fourth-order valence-corrected chi connectivity index (χ4v) is 5.90. The summed E-state index contributed by atoms with van der Waals surface area (Å²) >= 11 is 5.73. The van der Waals surface area contributed by atoms with E-state index in [0.717, 1.165) is 36.1 Å². The van der Waals surface area contributed by atoms with Gasteiger partial charge in [-0.2, -0.15) is 0 Å². The van der Waals surface area contributed by atoms with Crippen LogP contribution in [0.25, 0.3) is 0 Å². The van der Waals surface area contributed by atoms with E-state index in [1.165, 1.54) is 77.0 Å². The van der Waals surface area contributed by atoms with Gasteiger partial charge in [0.05, 0.1) is 24.9 Å². The predicted octanol–water partition coefficient (Wildman–Crippen LogP) is 9.52. The monoisotopic (exact) mass is 602 g/mol. The molecule has 0 spiro atoms. The quantitative estimate of drug-likeness (QED) is 0.0805. The molecule has 0 saturated carbocycles. The predicted molar refractivity (Wildman–Crippen MR) is 177 cm³/mol. The smallest absolute Gasteiger partial charge is 0.338 e. The van der Waals surface area contributed by atoms with Gasteiger partial charge in [-0.05, 0) is 70.8 Å². The lowest BCUT2D eigenvalue weighted by Crippen LogP contribution is -2.48. The molecule has 1 unspecified atom stereocenters. The van der Waals surface area contributed by atoms with E-state index in [4.69, 9.17) is 26.5 Å². The number of hydroxylamine groups is 2. The maximum atomic E-state index is 13.4. The molecule has 0 saturated heterocycles. The van der Waals surface area contributed by atoms with Crippen molar-refractivity contribution in [2.45, 2.75) is 150 Å². The van der Waals surface area contributed by atoms with Crippen molar-refractivity contribution in [1.82, 2.24) is 10.4 Å². The van der Waals surface area contributed by atoms with Gasteiger partial charge in [0.1, 0.15) is 11.8 Å². The van der Waals surface area contributed by atoms with Gasteiger partial charge in [-0.25, -0.2) is 9.86 Å². The fraction of sp³-hybridized carbons (Fsp3) is 0.714. The molecule has 7 heteroatoms. The van der Waals surface area contributed by atoms with Crippen molar-refractivity contribution in [1.29, 1.82) is 0 Å². The molecule has 1 aromatic carbocycles. The topological polar surface area (TPSA) is 60.0 Å². The van der Waals surface area contributed by atoms with Gasteiger partial charge in [-0.1, -0.05) is 103 Å². The second-order valence-corrected chi connectivity index (χ2v) is 12.1. The molecule has 6 nitrogen and oxygen atoms in total. The third kappa shape index (κ3) is 11.9. The van der Waals surface area contributed by atoms with Crippen molar-refractivity contribution < 1.29 is 19.1 Å². The second-order valence-electron chi connectivity index (χ2n) is 11.7. The molecule has 0 bridgehead atoms. The van der Waals surface area contributed by atoms with Gasteiger partial charge < -0.3 is 14.8 Å². The summed E-state index contributed by atoms with van der Waals surface area (Å²) in [6.45, 7) is 12.8. The second kappa shape index (κ2) is 20.7. The number of esters is 1. The molecule has 1 aliphatic rings. The maximum Gasteiger partial charge on any atom is 0.338 e. The number of thiocarbonyl (C=S) groups is 1. The molecule has 42 heavy (non-hydrogen) atoms. The summed E-state index contributed by atoms with van der Waals surface area (Å²) in [4.78, 5) is 19.5. The van der Waals surface area contributed by atoms with Crippen molar-refractivity contribution in [3.63, 3.8) is 0 Å². The molecule has 1 aliphatic heterocycles. The molecule has 1 heterocycles. The van der Waals surface area contributed by atoms with Gasteiger partial charge in [0.25, 0.3) is 0 Å². The van der Waals surface area contributed by atoms with Crippen LogP contribution in [0.1, 0.15) is 149 Å². The first kappa shape index (κ1) is 36.1. The zero-order valence-corrected chi connectivity index (χ0v) is 28.2. The molecule has 0 fully saturated rings. The molecule has 0 amide bonds. The van der Waals surface area contributed by atoms with E-state index in [2.05, 4.69) is 31.3 Å². The Kier molecular flexibility index (Phi) is 17.8. The minimum Gasteiger partial charge on any atom is -0.491 e. The largest absolute Gasteiger partial charge is 0.491 e. The van der Waals surface area contributed by atoms with Gasteiger partial charge in [0.2, 0.25) is 0 Å². The number of unbranched alkanes of at least 4 members (excludes halogenated alkanes) is 12. The Hall–Kier alpha value is -2.12. The lowest BCUT2D eigenvalue weighted by atomic mass is 9.88. The van der Waals surface area contributed by atoms with Crippen LogP contribution in [0.2, 0.25) is 0 Å². The van der Waals surface area contributed by atoms with Gasteiger partial charge in [-0.3, -0.25) is 4.84 Å². The van der Waals surface area contributed by atoms with E-state index in [-0.39, 0.29) is 12.1 Å². The molecule has 238 valence electrons. The van der Waals surface area contributed by atoms with Crippen LogP contribution in [-0.2, 0) is 20.8 Å². The van der Waals surface area contributed by atoms with Crippen LogP contribution in [0, 0.1) is 0 Å². The first-order valence-corrected chi connectivity index (χ1v) is 17.2. The zero-order chi connectivity index (χ0) is 30.7. The Labute approximate surface area is 261 Å². The van der Waals surface area contributed by atoms with Crippen LogP contribution in [0.3, 0.4) is 0 Å². The average molecular weight is 603 g/mol. The third-order valence-electron chi connectivity index (χ3n) is 7.68. The first-order valence-electron chi connectivity index (χ1n) is 16.7. The Morgan fingerprint density at radius 2 is 1.50 bits per heavy atom. The van der Waals surface area contributed by atoms with E-state index < -0.39 is 6.04 Å². The number of nitrogens with one attached hydrogen (secondary N) is 1. The van der Waals surface area contributed by atoms with Gasteiger partial charge in [0, 0.05) is 11.3 Å². The lowest BCUT2D eigenvalue weighted by molar-refractivity contribution is -0.147. The summed E-state index contributed by atoms with van der Waals surface area (Å²) in [6, 6.07) is 5.64. The third-order valence-corrected chi connectivity index (χ3v) is 7.96. The number of hydrogen-bond donors (Lipinski definition) is 1. The molecule has 0 aromatic heterocycles. The number of carbonyl (C=O) groups excluding carboxylic acids is 1. The van der Waals surface area contributed by atoms with Gasteiger partial charge in [-0.15, -0.1) is 0 Å². The first-order chi connectivity index (χ1) is 20.3. The van der Waals surface area contributed by atoms with Crippen molar-refractivity contribution >= 4 is 23.3 Å². The van der Waals surface area contributed by atoms with Crippen molar-refractivity contribution in [3.8, 4) is 5.75 Å². The van der Waals surface area contributed by atoms with Gasteiger partial charge >= 0.3 is 5.97 Å². The molecule has 2 rings (SSSR count). The Balaban J connectivity index is 2.15. The van der Waals surface area contributed by atoms with Crippen LogP contribution in [-0.4, -0.2) is 35.5 Å². The average Bonchev–Trinajstić information content (AvgIpc) is 2.94. The molecule has 0 radical (unpaired) electrons. The van der Waals surface area contributed by atoms with E-state index >= 15 is 0 Å². The van der Waals surface area contributed by atoms with Crippen LogP contribution < -0.4 is 10.1 Å². The SMILES string of the molecule is CCCCCCCCCCCCCCCc1cccc(OC(C)C)c1C1C(C(=O)OCC)=C(C)NC(=S)N1OCCC. The Morgan fingerprint density at radius 1 is 0.905 bits per heavy atom. The number of hydrogen-bond acceptors (Lipinski definition) is 5. The minimum absolute atomic E-state index is 0.0230. The van der Waals surface area contributed by atoms with Crippen molar-refractivity contribution in [2.75, 3.05) is 13.2 Å². The van der Waals surface area contributed by atoms with Crippen LogP contribution >= 0.6 is 12.2 Å². The highest BCUT2D eigenvalue weighted by atomic mass is 32.1. The molecular formula is C35H58N2O4S. The Morgan fingerprint density at radius 3 is 2.05 bits per heavy atom. The van der Waals surface area contributed by atoms with Crippen LogP contribution in [0.5, 0.6) is 5.75 Å². The minimum atomic E-state index is -0.559. The summed E-state index contributed by atoms with van der Waals surface area (Å²) in [5, 5.41) is 5.28. The normalized spacial score (nSPS) is 15.4. The molecule has 0 aliphatic carbocycles. The maximum absolute atomic E-state index is 13.4. The summed E-state index contributed by atoms with van der Waals surface area (Å²) in [5.41, 5.74) is 3.29. The van der Waals surface area contributed by atoms with Crippen molar-refractivity contribution in [3.05, 3.63) is 40.6 Å². The standard InChI is InChI=1S/C35H58N2O4S/c1-7-10-11-12-13-14-15-16-17-18-19-20-21-23-29-24-22-25-30(41-27(4)5)32(29)33-31(34(38)39-9-3)28(6)36-35(42)37(33)40-26-8-2/h22,24-25,27,33H,7-21,23,26H2,1-6H3,(H,36,42). The zero-order valence-electron chi connectivity index (χ0n) is 27.4. The number of allylic oxidation sites excluding steroid dienone is 1. The van der Waals surface area contributed by atoms with Crippen LogP contribution in [0.15, 0.2) is 29.5 Å².